The van der Waals surface area contributed by atoms with E-state index in [1.165, 1.54) is 0 Å². The Morgan fingerprint density at radius 1 is 1.20 bits per heavy atom. The molecule has 0 bridgehead atoms. The zero-order valence-corrected chi connectivity index (χ0v) is 13.4. The molecule has 0 radical (unpaired) electrons. The van der Waals surface area contributed by atoms with Crippen LogP contribution < -0.4 is 4.74 Å². The lowest BCUT2D eigenvalue weighted by Gasteiger charge is -2.23. The molecule has 0 aliphatic carbocycles. The number of esters is 1. The monoisotopic (exact) mass is 296 g/mol. The van der Waals surface area contributed by atoms with Gasteiger partial charge in [0.05, 0.1) is 0 Å². The van der Waals surface area contributed by atoms with E-state index in [0.29, 0.717) is 23.7 Å². The van der Waals surface area contributed by atoms with Crippen LogP contribution in [0.15, 0.2) is 30.3 Å². The van der Waals surface area contributed by atoms with E-state index in [-0.39, 0.29) is 11.4 Å². The fourth-order valence-electron chi connectivity index (χ4n) is 1.77. The summed E-state index contributed by atoms with van der Waals surface area (Å²) in [6.45, 7) is 6.14. The van der Waals surface area contributed by atoms with Crippen LogP contribution in [0.3, 0.4) is 0 Å². The second-order valence-electron chi connectivity index (χ2n) is 5.63. The maximum atomic E-state index is 11.8. The third-order valence-electron chi connectivity index (χ3n) is 3.31. The highest BCUT2D eigenvalue weighted by Crippen LogP contribution is 2.27. The molecule has 0 heterocycles. The molecule has 0 N–H and O–H groups in total. The predicted molar refractivity (Wildman–Crippen MR) is 83.3 cm³/mol. The molecule has 0 saturated carbocycles. The van der Waals surface area contributed by atoms with Crippen LogP contribution in [-0.2, 0) is 15.6 Å². The Kier molecular flexibility index (Phi) is 6.93. The second-order valence-corrected chi connectivity index (χ2v) is 7.50. The summed E-state index contributed by atoms with van der Waals surface area (Å²) in [5.74, 6) is 1.78. The lowest BCUT2D eigenvalue weighted by molar-refractivity contribution is -0.135. The molecule has 0 aliphatic rings. The molecule has 1 atom stereocenters. The third-order valence-corrected chi connectivity index (χ3v) is 4.61. The molecule has 1 aromatic carbocycles. The van der Waals surface area contributed by atoms with E-state index in [9.17, 15) is 9.00 Å². The van der Waals surface area contributed by atoms with E-state index in [2.05, 4.69) is 13.8 Å². The van der Waals surface area contributed by atoms with E-state index in [1.807, 2.05) is 25.1 Å². The van der Waals surface area contributed by atoms with Crippen molar-refractivity contribution in [2.24, 2.45) is 5.41 Å². The standard InChI is InChI=1S/C16H24O3S/c1-4-20(18)13-12-16(2,3)11-10-15(17)19-14-8-6-5-7-9-14/h5-9H,4,10-13H2,1-3H3. The molecule has 0 fully saturated rings. The molecule has 3 nitrogen and oxygen atoms in total. The number of para-hydroxylation sites is 1. The Hall–Kier alpha value is -1.16. The first-order valence-corrected chi connectivity index (χ1v) is 8.52. The highest BCUT2D eigenvalue weighted by atomic mass is 32.2. The molecule has 4 heteroatoms. The lowest BCUT2D eigenvalue weighted by atomic mass is 9.85. The van der Waals surface area contributed by atoms with Gasteiger partial charge in [-0.05, 0) is 30.4 Å². The summed E-state index contributed by atoms with van der Waals surface area (Å²) in [4.78, 5) is 11.8. The van der Waals surface area contributed by atoms with Crippen molar-refractivity contribution < 1.29 is 13.7 Å². The van der Waals surface area contributed by atoms with Crippen LogP contribution in [0.25, 0.3) is 0 Å². The molecule has 1 unspecified atom stereocenters. The molecule has 0 saturated heterocycles. The normalized spacial score (nSPS) is 12.9. The molecular weight excluding hydrogens is 272 g/mol. The number of rotatable bonds is 8. The van der Waals surface area contributed by atoms with Gasteiger partial charge in [0.1, 0.15) is 5.75 Å². The van der Waals surface area contributed by atoms with E-state index >= 15 is 0 Å². The fraction of sp³-hybridized carbons (Fsp3) is 0.562. The van der Waals surface area contributed by atoms with E-state index in [4.69, 9.17) is 4.74 Å². The first-order valence-electron chi connectivity index (χ1n) is 7.03. The van der Waals surface area contributed by atoms with Gasteiger partial charge in [-0.1, -0.05) is 39.0 Å². The van der Waals surface area contributed by atoms with Crippen molar-refractivity contribution in [3.8, 4) is 5.75 Å². The van der Waals surface area contributed by atoms with E-state index < -0.39 is 10.8 Å². The van der Waals surface area contributed by atoms with Crippen molar-refractivity contribution in [2.45, 2.75) is 40.0 Å². The summed E-state index contributed by atoms with van der Waals surface area (Å²) < 4.78 is 16.7. The minimum Gasteiger partial charge on any atom is -0.427 e. The maximum Gasteiger partial charge on any atom is 0.311 e. The Labute approximate surface area is 124 Å². The third kappa shape index (κ3) is 6.85. The molecule has 0 amide bonds. The van der Waals surface area contributed by atoms with E-state index in [0.717, 1.165) is 12.8 Å². The zero-order valence-electron chi connectivity index (χ0n) is 12.6. The minimum atomic E-state index is -0.735. The molecule has 0 spiro atoms. The summed E-state index contributed by atoms with van der Waals surface area (Å²) in [6.07, 6.45) is 2.01. The van der Waals surface area contributed by atoms with Gasteiger partial charge < -0.3 is 4.74 Å². The minimum absolute atomic E-state index is 0.0144. The van der Waals surface area contributed by atoms with Crippen molar-refractivity contribution in [1.29, 1.82) is 0 Å². The summed E-state index contributed by atoms with van der Waals surface area (Å²) in [5.41, 5.74) is 0.0144. The summed E-state index contributed by atoms with van der Waals surface area (Å²) in [6, 6.07) is 9.11. The lowest BCUT2D eigenvalue weighted by Crippen LogP contribution is -2.19. The second kappa shape index (κ2) is 8.20. The largest absolute Gasteiger partial charge is 0.427 e. The van der Waals surface area contributed by atoms with Crippen molar-refractivity contribution in [3.05, 3.63) is 30.3 Å². The van der Waals surface area contributed by atoms with Gasteiger partial charge in [-0.25, -0.2) is 0 Å². The highest BCUT2D eigenvalue weighted by molar-refractivity contribution is 7.84. The average Bonchev–Trinajstić information content (AvgIpc) is 2.44. The number of ether oxygens (including phenoxy) is 1. The van der Waals surface area contributed by atoms with Gasteiger partial charge in [0.25, 0.3) is 0 Å². The Balaban J connectivity index is 2.34. The number of benzene rings is 1. The van der Waals surface area contributed by atoms with Crippen LogP contribution in [0.2, 0.25) is 0 Å². The molecule has 0 aromatic heterocycles. The smallest absolute Gasteiger partial charge is 0.311 e. The molecule has 1 rings (SSSR count). The van der Waals surface area contributed by atoms with Crippen molar-refractivity contribution in [2.75, 3.05) is 11.5 Å². The first kappa shape index (κ1) is 16.9. The zero-order chi connectivity index (χ0) is 15.0. The van der Waals surface area contributed by atoms with Crippen LogP contribution in [-0.4, -0.2) is 21.7 Å². The maximum absolute atomic E-state index is 11.8. The summed E-state index contributed by atoms with van der Waals surface area (Å²) >= 11 is 0. The highest BCUT2D eigenvalue weighted by Gasteiger charge is 2.20. The molecule has 20 heavy (non-hydrogen) atoms. The molecule has 0 aliphatic heterocycles. The topological polar surface area (TPSA) is 43.4 Å². The van der Waals surface area contributed by atoms with Crippen LogP contribution >= 0.6 is 0 Å². The van der Waals surface area contributed by atoms with Crippen LogP contribution in [0.4, 0.5) is 0 Å². The first-order chi connectivity index (χ1) is 9.43. The van der Waals surface area contributed by atoms with Gasteiger partial charge in [0.2, 0.25) is 0 Å². The van der Waals surface area contributed by atoms with Gasteiger partial charge in [0.15, 0.2) is 0 Å². The SMILES string of the molecule is CCS(=O)CCC(C)(C)CCC(=O)Oc1ccccc1. The molecular formula is C16H24O3S. The fourth-order valence-corrected chi connectivity index (χ4v) is 2.84. The van der Waals surface area contributed by atoms with Crippen LogP contribution in [0.1, 0.15) is 40.0 Å². The Morgan fingerprint density at radius 3 is 2.45 bits per heavy atom. The number of hydrogen-bond donors (Lipinski definition) is 0. The summed E-state index contributed by atoms with van der Waals surface area (Å²) in [7, 11) is -0.735. The van der Waals surface area contributed by atoms with Crippen molar-refractivity contribution in [1.82, 2.24) is 0 Å². The van der Waals surface area contributed by atoms with Gasteiger partial charge in [-0.2, -0.15) is 0 Å². The predicted octanol–water partition coefficient (Wildman–Crippen LogP) is 3.56. The van der Waals surface area contributed by atoms with Gasteiger partial charge in [-0.3, -0.25) is 9.00 Å². The number of hydrogen-bond acceptors (Lipinski definition) is 3. The van der Waals surface area contributed by atoms with Crippen LogP contribution in [0.5, 0.6) is 5.75 Å². The number of carbonyl (C=O) groups is 1. The number of carbonyl (C=O) groups excluding carboxylic acids is 1. The van der Waals surface area contributed by atoms with E-state index in [1.54, 1.807) is 12.1 Å². The summed E-state index contributed by atoms with van der Waals surface area (Å²) in [5, 5.41) is 0. The van der Waals surface area contributed by atoms with Crippen molar-refractivity contribution in [3.63, 3.8) is 0 Å². The van der Waals surface area contributed by atoms with Gasteiger partial charge >= 0.3 is 5.97 Å². The molecule has 112 valence electrons. The molecule has 1 aromatic rings. The van der Waals surface area contributed by atoms with Crippen LogP contribution in [0, 0.1) is 5.41 Å². The quantitative estimate of drug-likeness (QED) is 0.544. The van der Waals surface area contributed by atoms with Gasteiger partial charge in [0, 0.05) is 28.7 Å². The average molecular weight is 296 g/mol. The van der Waals surface area contributed by atoms with Crippen molar-refractivity contribution >= 4 is 16.8 Å². The Morgan fingerprint density at radius 2 is 1.85 bits per heavy atom. The Bertz CT molecular complexity index is 440. The van der Waals surface area contributed by atoms with Gasteiger partial charge in [-0.15, -0.1) is 0 Å².